The first-order chi connectivity index (χ1) is 21.9. The second-order valence-corrected chi connectivity index (χ2v) is 15.0. The monoisotopic (exact) mass is 578 g/mol. The second kappa shape index (κ2) is 11.0. The van der Waals surface area contributed by atoms with Gasteiger partial charge < -0.3 is 4.57 Å². The maximum Gasteiger partial charge on any atom is 0.180 e. The van der Waals surface area contributed by atoms with E-state index >= 15 is 0 Å². The number of aromatic nitrogens is 2. The lowest BCUT2D eigenvalue weighted by atomic mass is 10.1. The summed E-state index contributed by atoms with van der Waals surface area (Å²) >= 11 is 0. The van der Waals surface area contributed by atoms with Crippen LogP contribution >= 0.6 is 0 Å². The van der Waals surface area contributed by atoms with Gasteiger partial charge in [-0.2, -0.15) is 0 Å². The van der Waals surface area contributed by atoms with Crippen LogP contribution in [0.3, 0.4) is 0 Å². The molecule has 0 saturated heterocycles. The number of hydrogen-bond donors (Lipinski definition) is 0. The molecule has 208 valence electrons. The fourth-order valence-electron chi connectivity index (χ4n) is 6.97. The van der Waals surface area contributed by atoms with E-state index in [-0.39, 0.29) is 0 Å². The lowest BCUT2D eigenvalue weighted by Crippen LogP contribution is -2.75. The van der Waals surface area contributed by atoms with Gasteiger partial charge in [0.15, 0.2) is 8.07 Å². The highest BCUT2D eigenvalue weighted by atomic mass is 28.3. The summed E-state index contributed by atoms with van der Waals surface area (Å²) in [6, 6.07) is 61.9. The summed E-state index contributed by atoms with van der Waals surface area (Å²) in [4.78, 5) is 4.66. The molecule has 2 aromatic heterocycles. The predicted octanol–water partition coefficient (Wildman–Crippen LogP) is 7.22. The second-order valence-electron chi connectivity index (χ2n) is 11.2. The van der Waals surface area contributed by atoms with Gasteiger partial charge in [0, 0.05) is 34.4 Å². The molecule has 0 aliphatic heterocycles. The fourth-order valence-corrected chi connectivity index (χ4v) is 11.9. The van der Waals surface area contributed by atoms with Crippen LogP contribution in [0.1, 0.15) is 0 Å². The van der Waals surface area contributed by atoms with Gasteiger partial charge in [-0.25, -0.2) is 0 Å². The lowest BCUT2D eigenvalue weighted by molar-refractivity contribution is 1.18. The zero-order valence-electron chi connectivity index (χ0n) is 24.2. The summed E-state index contributed by atoms with van der Waals surface area (Å²) in [5.41, 5.74) is 5.96. The molecule has 0 fully saturated rings. The Morgan fingerprint density at radius 1 is 0.455 bits per heavy atom. The van der Waals surface area contributed by atoms with E-state index in [1.54, 1.807) is 0 Å². The van der Waals surface area contributed by atoms with E-state index in [0.29, 0.717) is 0 Å². The Kier molecular flexibility index (Phi) is 6.51. The summed E-state index contributed by atoms with van der Waals surface area (Å²) in [6.07, 6.45) is 4.02. The predicted molar refractivity (Wildman–Crippen MR) is 188 cm³/mol. The Morgan fingerprint density at radius 3 is 1.70 bits per heavy atom. The number of benzene rings is 6. The summed E-state index contributed by atoms with van der Waals surface area (Å²) in [7, 11) is -2.85. The lowest BCUT2D eigenvalue weighted by Gasteiger charge is -2.36. The van der Waals surface area contributed by atoms with Gasteiger partial charge in [0.2, 0.25) is 0 Å². The molecule has 0 bridgehead atoms. The SMILES string of the molecule is c1ccc(-c2cnccc2[Si](c2ccccc2)(c2ccccc2)c2ccc3c(c2)c2ccccc2n3-c2ccccc2)cc1. The molecule has 8 rings (SSSR count). The number of pyridine rings is 1. The van der Waals surface area contributed by atoms with Gasteiger partial charge in [-0.1, -0.05) is 140 Å². The molecule has 6 aromatic carbocycles. The van der Waals surface area contributed by atoms with E-state index in [4.69, 9.17) is 0 Å². The van der Waals surface area contributed by atoms with E-state index in [2.05, 4.69) is 186 Å². The first-order valence-corrected chi connectivity index (χ1v) is 17.1. The first-order valence-electron chi connectivity index (χ1n) is 15.1. The van der Waals surface area contributed by atoms with E-state index in [9.17, 15) is 0 Å². The van der Waals surface area contributed by atoms with Crippen molar-refractivity contribution in [2.75, 3.05) is 0 Å². The molecule has 0 atom stereocenters. The standard InChI is InChI=1S/C41H30N2Si/c1-5-15-31(16-6-1)38-30-42-28-27-41(38)44(33-19-9-3-10-20-33,34-21-11-4-12-22-34)35-25-26-40-37(29-35)36-23-13-14-24-39(36)43(40)32-17-7-2-8-18-32/h1-30H. The smallest absolute Gasteiger partial charge is 0.180 e. The molecule has 0 saturated carbocycles. The van der Waals surface area contributed by atoms with Crippen molar-refractivity contribution in [3.63, 3.8) is 0 Å². The number of para-hydroxylation sites is 2. The fraction of sp³-hybridized carbons (Fsp3) is 0. The molecular weight excluding hydrogens is 549 g/mol. The first kappa shape index (κ1) is 26.1. The Balaban J connectivity index is 1.52. The highest BCUT2D eigenvalue weighted by Crippen LogP contribution is 2.32. The molecule has 0 amide bonds. The Labute approximate surface area is 258 Å². The average Bonchev–Trinajstić information content (AvgIpc) is 3.44. The molecule has 3 heteroatoms. The number of nitrogens with zero attached hydrogens (tertiary/aromatic N) is 2. The molecule has 0 N–H and O–H groups in total. The molecule has 44 heavy (non-hydrogen) atoms. The van der Waals surface area contributed by atoms with Crippen LogP contribution in [0.4, 0.5) is 0 Å². The maximum absolute atomic E-state index is 4.66. The number of hydrogen-bond acceptors (Lipinski definition) is 1. The van der Waals surface area contributed by atoms with Crippen molar-refractivity contribution in [1.82, 2.24) is 9.55 Å². The molecule has 0 radical (unpaired) electrons. The van der Waals surface area contributed by atoms with Gasteiger partial charge in [-0.15, -0.1) is 0 Å². The summed E-state index contributed by atoms with van der Waals surface area (Å²) < 4.78 is 2.39. The topological polar surface area (TPSA) is 17.8 Å². The molecular formula is C41H30N2Si. The Bertz CT molecular complexity index is 2170. The van der Waals surface area contributed by atoms with Crippen LogP contribution in [-0.4, -0.2) is 17.6 Å². The van der Waals surface area contributed by atoms with Crippen LogP contribution in [0.15, 0.2) is 182 Å². The molecule has 0 unspecified atom stereocenters. The minimum atomic E-state index is -2.85. The van der Waals surface area contributed by atoms with E-state index in [1.165, 1.54) is 59.4 Å². The molecule has 0 aliphatic rings. The summed E-state index contributed by atoms with van der Waals surface area (Å²) in [6.45, 7) is 0. The van der Waals surface area contributed by atoms with Crippen molar-refractivity contribution in [2.24, 2.45) is 0 Å². The van der Waals surface area contributed by atoms with Crippen LogP contribution in [-0.2, 0) is 0 Å². The van der Waals surface area contributed by atoms with Gasteiger partial charge in [0.05, 0.1) is 11.0 Å². The van der Waals surface area contributed by atoms with Crippen LogP contribution in [0, 0.1) is 0 Å². The minimum Gasteiger partial charge on any atom is -0.309 e. The molecule has 0 spiro atoms. The third kappa shape index (κ3) is 4.13. The third-order valence-corrected chi connectivity index (χ3v) is 13.7. The van der Waals surface area contributed by atoms with E-state index < -0.39 is 8.07 Å². The normalized spacial score (nSPS) is 11.6. The highest BCUT2D eigenvalue weighted by molar-refractivity contribution is 7.20. The van der Waals surface area contributed by atoms with Crippen molar-refractivity contribution in [3.8, 4) is 16.8 Å². The Hall–Kier alpha value is -5.51. The maximum atomic E-state index is 4.66. The van der Waals surface area contributed by atoms with Crippen molar-refractivity contribution < 1.29 is 0 Å². The quantitative estimate of drug-likeness (QED) is 0.150. The molecule has 0 aliphatic carbocycles. The van der Waals surface area contributed by atoms with E-state index in [1.807, 2.05) is 6.20 Å². The van der Waals surface area contributed by atoms with Crippen LogP contribution in [0.25, 0.3) is 38.6 Å². The van der Waals surface area contributed by atoms with Crippen LogP contribution in [0.5, 0.6) is 0 Å². The van der Waals surface area contributed by atoms with Crippen LogP contribution in [0.2, 0.25) is 0 Å². The van der Waals surface area contributed by atoms with Gasteiger partial charge in [0.25, 0.3) is 0 Å². The van der Waals surface area contributed by atoms with Crippen molar-refractivity contribution >= 4 is 50.6 Å². The number of fused-ring (bicyclic) bond motifs is 3. The minimum absolute atomic E-state index is 1.17. The van der Waals surface area contributed by atoms with Crippen molar-refractivity contribution in [2.45, 2.75) is 0 Å². The van der Waals surface area contributed by atoms with E-state index in [0.717, 1.165) is 0 Å². The van der Waals surface area contributed by atoms with Crippen molar-refractivity contribution in [1.29, 1.82) is 0 Å². The molecule has 2 nitrogen and oxygen atoms in total. The van der Waals surface area contributed by atoms with Crippen LogP contribution < -0.4 is 20.7 Å². The van der Waals surface area contributed by atoms with Gasteiger partial charge in [-0.3, -0.25) is 4.98 Å². The average molecular weight is 579 g/mol. The van der Waals surface area contributed by atoms with Crippen molar-refractivity contribution in [3.05, 3.63) is 182 Å². The zero-order valence-corrected chi connectivity index (χ0v) is 25.2. The highest BCUT2D eigenvalue weighted by Gasteiger charge is 2.43. The zero-order chi connectivity index (χ0) is 29.3. The third-order valence-electron chi connectivity index (χ3n) is 8.84. The summed E-state index contributed by atoms with van der Waals surface area (Å²) in [5, 5.41) is 7.90. The molecule has 2 heterocycles. The number of rotatable bonds is 6. The Morgan fingerprint density at radius 2 is 1.02 bits per heavy atom. The molecule has 8 aromatic rings. The van der Waals surface area contributed by atoms with Gasteiger partial charge >= 0.3 is 0 Å². The summed E-state index contributed by atoms with van der Waals surface area (Å²) in [5.74, 6) is 0. The van der Waals surface area contributed by atoms with Gasteiger partial charge in [0.1, 0.15) is 0 Å². The van der Waals surface area contributed by atoms with Gasteiger partial charge in [-0.05, 0) is 56.6 Å². The largest absolute Gasteiger partial charge is 0.309 e.